The molecule has 0 aliphatic carbocycles. The van der Waals surface area contributed by atoms with Gasteiger partial charge in [-0.1, -0.05) is 186 Å². The molecule has 0 spiro atoms. The molecule has 0 radical (unpaired) electrons. The highest BCUT2D eigenvalue weighted by Gasteiger charge is 2.51. The van der Waals surface area contributed by atoms with Crippen molar-refractivity contribution >= 4 is 159 Å². The quantitative estimate of drug-likeness (QED) is 0.0892. The molecule has 98 heavy (non-hydrogen) atoms. The number of benzene rings is 13. The lowest BCUT2D eigenvalue weighted by molar-refractivity contribution is 0.00578. The number of fused-ring (bicyclic) bond motifs is 4. The molecule has 1 fully saturated rings. The fourth-order valence-electron chi connectivity index (χ4n) is 12.3. The number of hydrogen-bond acceptors (Lipinski definition) is 9. The van der Waals surface area contributed by atoms with Crippen molar-refractivity contribution in [2.75, 3.05) is 14.7 Å². The van der Waals surface area contributed by atoms with Crippen LogP contribution in [0.3, 0.4) is 0 Å². The minimum atomic E-state index is -0.346. The SMILES string of the molecule is CC1(C)OB(c2ccc(N(c3ccccc3)c3ccccc3)cc2)OC1(C)C.O=c1c2ccc(-c3ccc(N(c4ccccc4)c4ccccc4)cc3)cc2sc2cccc(-c3ccc(N(c4ccccc4)c4ccccc4)cc3)c12.O=c1c2ccc(Br)cc2sc2cccc(Br)c12. The van der Waals surface area contributed by atoms with Crippen molar-refractivity contribution in [1.82, 2.24) is 0 Å². The molecule has 15 aromatic rings. The van der Waals surface area contributed by atoms with Crippen LogP contribution in [0.4, 0.5) is 51.2 Å². The van der Waals surface area contributed by atoms with Crippen LogP contribution in [0.15, 0.2) is 346 Å². The standard InChI is InChI=1S/C49H34N2OS.C24H26BNO2.C13H6Br2OS/c52-49-45-33-28-37(35-24-29-42(30-25-35)50(38-14-5-1-6-15-38)39-16-7-2-8-17-39)34-47(45)53-46-23-13-22-44(48(46)49)36-26-31-43(32-27-36)51(40-18-9-3-10-19-40)41-20-11-4-12-21-41;1-23(2)24(3,4)28-25(27-23)19-15-17-22(18-16-19)26(20-11-7-5-8-12-20)21-13-9-6-10-14-21;14-7-4-5-8-11(6-7)17-10-3-1-2-9(15)12(10)13(8)16/h1-34H;5-18H,1-4H3;1-6H. The van der Waals surface area contributed by atoms with Crippen molar-refractivity contribution in [3.8, 4) is 22.3 Å². The highest BCUT2D eigenvalue weighted by molar-refractivity contribution is 9.11. The summed E-state index contributed by atoms with van der Waals surface area (Å²) in [4.78, 5) is 33.4. The monoisotopic (exact) mass is 1440 g/mol. The Kier molecular flexibility index (Phi) is 19.0. The van der Waals surface area contributed by atoms with E-state index >= 15 is 0 Å². The van der Waals surface area contributed by atoms with Crippen LogP contribution in [0.2, 0.25) is 0 Å². The van der Waals surface area contributed by atoms with Gasteiger partial charge in [0.2, 0.25) is 0 Å². The average Bonchev–Trinajstić information content (AvgIpc) is 1.23. The van der Waals surface area contributed by atoms with Gasteiger partial charge in [0.05, 0.1) is 16.6 Å². The van der Waals surface area contributed by atoms with Gasteiger partial charge in [-0.05, 0) is 229 Å². The van der Waals surface area contributed by atoms with Gasteiger partial charge in [-0.2, -0.15) is 0 Å². The summed E-state index contributed by atoms with van der Waals surface area (Å²) < 4.78 is 18.2. The number of rotatable bonds is 12. The van der Waals surface area contributed by atoms with Crippen molar-refractivity contribution in [3.05, 3.63) is 357 Å². The maximum Gasteiger partial charge on any atom is 0.494 e. The first-order valence-electron chi connectivity index (χ1n) is 32.4. The fourth-order valence-corrected chi connectivity index (χ4v) is 15.8. The van der Waals surface area contributed by atoms with E-state index in [9.17, 15) is 9.59 Å². The molecular weight excluding hydrogens is 1370 g/mol. The van der Waals surface area contributed by atoms with Crippen LogP contribution >= 0.6 is 54.5 Å². The molecule has 0 bridgehead atoms. The summed E-state index contributed by atoms with van der Waals surface area (Å²) >= 11 is 10.2. The summed E-state index contributed by atoms with van der Waals surface area (Å²) in [6.45, 7) is 8.31. The first kappa shape index (κ1) is 65.3. The Hall–Kier alpha value is -10.0. The molecule has 3 heterocycles. The molecule has 1 saturated heterocycles. The van der Waals surface area contributed by atoms with Crippen LogP contribution < -0.4 is 31.0 Å². The lowest BCUT2D eigenvalue weighted by atomic mass is 9.79. The van der Waals surface area contributed by atoms with E-state index in [2.05, 4.69) is 323 Å². The third kappa shape index (κ3) is 13.7. The number of nitrogens with zero attached hydrogens (tertiary/aromatic N) is 3. The lowest BCUT2D eigenvalue weighted by Crippen LogP contribution is -2.41. The molecule has 0 saturated carbocycles. The summed E-state index contributed by atoms with van der Waals surface area (Å²) in [6, 6.07) is 112. The van der Waals surface area contributed by atoms with Gasteiger partial charge in [-0.3, -0.25) is 9.59 Å². The van der Waals surface area contributed by atoms with Gasteiger partial charge in [0, 0.05) is 95.1 Å². The summed E-state index contributed by atoms with van der Waals surface area (Å²) in [7, 11) is -0.346. The minimum absolute atomic E-state index is 0.0619. The third-order valence-electron chi connectivity index (χ3n) is 18.0. The van der Waals surface area contributed by atoms with E-state index in [0.29, 0.717) is 0 Å². The molecule has 7 nitrogen and oxygen atoms in total. The van der Waals surface area contributed by atoms with E-state index in [1.165, 1.54) is 0 Å². The van der Waals surface area contributed by atoms with Crippen LogP contribution in [0.1, 0.15) is 27.7 Å². The van der Waals surface area contributed by atoms with Crippen LogP contribution in [0.25, 0.3) is 62.6 Å². The Morgan fingerprint density at radius 1 is 0.316 bits per heavy atom. The summed E-state index contributed by atoms with van der Waals surface area (Å²) in [6.07, 6.45) is 0. The van der Waals surface area contributed by atoms with Crippen molar-refractivity contribution in [3.63, 3.8) is 0 Å². The van der Waals surface area contributed by atoms with Crippen molar-refractivity contribution in [1.29, 1.82) is 0 Å². The van der Waals surface area contributed by atoms with E-state index < -0.39 is 0 Å². The lowest BCUT2D eigenvalue weighted by Gasteiger charge is -2.32. The molecular formula is C86H66BBr2N3O4S2. The van der Waals surface area contributed by atoms with Crippen molar-refractivity contribution < 1.29 is 9.31 Å². The summed E-state index contributed by atoms with van der Waals surface area (Å²) in [5.41, 5.74) is 14.5. The zero-order chi connectivity index (χ0) is 67.3. The predicted molar refractivity (Wildman–Crippen MR) is 424 cm³/mol. The molecule has 2 aromatic heterocycles. The Balaban J connectivity index is 0.000000150. The van der Waals surface area contributed by atoms with Gasteiger partial charge >= 0.3 is 7.12 Å². The maximum atomic E-state index is 14.3. The van der Waals surface area contributed by atoms with Gasteiger partial charge in [0.25, 0.3) is 0 Å². The van der Waals surface area contributed by atoms with Crippen molar-refractivity contribution in [2.45, 2.75) is 38.9 Å². The second-order valence-corrected chi connectivity index (χ2v) is 28.7. The first-order valence-corrected chi connectivity index (χ1v) is 35.6. The molecule has 0 N–H and O–H groups in total. The molecule has 0 unspecified atom stereocenters. The number of para-hydroxylation sites is 6. The molecule has 0 atom stereocenters. The highest BCUT2D eigenvalue weighted by atomic mass is 79.9. The average molecular weight is 1440 g/mol. The fraction of sp³-hybridized carbons (Fsp3) is 0.0698. The third-order valence-corrected chi connectivity index (χ3v) is 21.4. The molecule has 16 rings (SSSR count). The van der Waals surface area contributed by atoms with Crippen LogP contribution in [0.5, 0.6) is 0 Å². The molecule has 478 valence electrons. The smallest absolute Gasteiger partial charge is 0.399 e. The van der Waals surface area contributed by atoms with Crippen LogP contribution in [-0.4, -0.2) is 18.3 Å². The maximum absolute atomic E-state index is 14.3. The van der Waals surface area contributed by atoms with E-state index in [1.807, 2.05) is 78.9 Å². The van der Waals surface area contributed by atoms with Gasteiger partial charge < -0.3 is 24.0 Å². The van der Waals surface area contributed by atoms with E-state index in [1.54, 1.807) is 22.7 Å². The predicted octanol–water partition coefficient (Wildman–Crippen LogP) is 24.1. The molecule has 12 heteroatoms. The number of halogens is 2. The van der Waals surface area contributed by atoms with Gasteiger partial charge in [-0.25, -0.2) is 0 Å². The number of anilines is 9. The topological polar surface area (TPSA) is 62.3 Å². The summed E-state index contributed by atoms with van der Waals surface area (Å²) in [5, 5.41) is 3.05. The second kappa shape index (κ2) is 28.6. The summed E-state index contributed by atoms with van der Waals surface area (Å²) in [5.74, 6) is 0. The zero-order valence-corrected chi connectivity index (χ0v) is 59.1. The van der Waals surface area contributed by atoms with Gasteiger partial charge in [0.1, 0.15) is 0 Å². The van der Waals surface area contributed by atoms with E-state index in [4.69, 9.17) is 9.31 Å². The molecule has 0 amide bonds. The molecule has 1 aliphatic heterocycles. The Bertz CT molecular complexity index is 5270. The Morgan fingerprint density at radius 2 is 0.653 bits per heavy atom. The van der Waals surface area contributed by atoms with Gasteiger partial charge in [0.15, 0.2) is 10.9 Å². The van der Waals surface area contributed by atoms with Crippen LogP contribution in [0, 0.1) is 0 Å². The van der Waals surface area contributed by atoms with Gasteiger partial charge in [-0.15, -0.1) is 22.7 Å². The van der Waals surface area contributed by atoms with E-state index in [-0.39, 0.29) is 29.2 Å². The molecule has 1 aliphatic rings. The van der Waals surface area contributed by atoms with Crippen molar-refractivity contribution in [2.24, 2.45) is 0 Å². The largest absolute Gasteiger partial charge is 0.494 e. The highest BCUT2D eigenvalue weighted by Crippen LogP contribution is 2.42. The number of hydrogen-bond donors (Lipinski definition) is 0. The first-order chi connectivity index (χ1) is 47.7. The van der Waals surface area contributed by atoms with E-state index in [0.717, 1.165) is 128 Å². The Labute approximate surface area is 596 Å². The zero-order valence-electron chi connectivity index (χ0n) is 54.3. The second-order valence-electron chi connectivity index (χ2n) is 24.8. The normalized spacial score (nSPS) is 12.9. The van der Waals surface area contributed by atoms with Crippen LogP contribution in [-0.2, 0) is 9.31 Å². The molecule has 13 aromatic carbocycles. The Morgan fingerprint density at radius 3 is 1.08 bits per heavy atom. The minimum Gasteiger partial charge on any atom is -0.399 e.